The summed E-state index contributed by atoms with van der Waals surface area (Å²) >= 11 is 0. The van der Waals surface area contributed by atoms with Gasteiger partial charge in [0, 0.05) is 19.3 Å². The number of hydrogen-bond acceptors (Lipinski definition) is 5. The van der Waals surface area contributed by atoms with E-state index in [9.17, 15) is 14.7 Å². The molecule has 2 N–H and O–H groups in total. The third-order valence-electron chi connectivity index (χ3n) is 5.07. The normalized spacial score (nSPS) is 16.4. The Balaban J connectivity index is 1.47. The smallest absolute Gasteiger partial charge is 0.280 e. The minimum absolute atomic E-state index is 0.0341. The fourth-order valence-corrected chi connectivity index (χ4v) is 3.53. The topological polar surface area (TPSA) is 99.2 Å². The van der Waals surface area contributed by atoms with Crippen LogP contribution in [0.5, 0.6) is 0 Å². The Hall–Kier alpha value is -3.06. The quantitative estimate of drug-likeness (QED) is 0.739. The number of H-pyrrole nitrogens is 1. The molecule has 1 fully saturated rings. The summed E-state index contributed by atoms with van der Waals surface area (Å²) in [7, 11) is 0. The number of nitrogens with zero attached hydrogens (tertiary/aromatic N) is 3. The Morgan fingerprint density at radius 2 is 1.89 bits per heavy atom. The molecule has 1 saturated heterocycles. The van der Waals surface area contributed by atoms with Crippen molar-refractivity contribution >= 4 is 16.9 Å². The maximum absolute atomic E-state index is 12.8. The number of para-hydroxylation sites is 2. The molecular formula is C20H20N4O3. The van der Waals surface area contributed by atoms with Crippen LogP contribution < -0.4 is 5.56 Å². The lowest BCUT2D eigenvalue weighted by atomic mass is 9.89. The van der Waals surface area contributed by atoms with Gasteiger partial charge in [0.25, 0.3) is 11.5 Å². The van der Waals surface area contributed by atoms with Gasteiger partial charge in [-0.3, -0.25) is 14.6 Å². The number of aliphatic hydroxyl groups is 1. The summed E-state index contributed by atoms with van der Waals surface area (Å²) in [5, 5.41) is 10.5. The number of pyridine rings is 1. The lowest BCUT2D eigenvalue weighted by Crippen LogP contribution is -2.42. The minimum atomic E-state index is -0.648. The van der Waals surface area contributed by atoms with Crippen molar-refractivity contribution in [2.45, 2.75) is 18.9 Å². The van der Waals surface area contributed by atoms with Crippen LogP contribution in [-0.2, 0) is 0 Å². The van der Waals surface area contributed by atoms with E-state index in [-0.39, 0.29) is 17.5 Å². The van der Waals surface area contributed by atoms with Gasteiger partial charge in [0.05, 0.1) is 22.8 Å². The molecule has 7 nitrogen and oxygen atoms in total. The third-order valence-corrected chi connectivity index (χ3v) is 5.07. The van der Waals surface area contributed by atoms with Crippen molar-refractivity contribution in [3.63, 3.8) is 0 Å². The van der Waals surface area contributed by atoms with Crippen molar-refractivity contribution < 1.29 is 9.90 Å². The summed E-state index contributed by atoms with van der Waals surface area (Å²) in [6.45, 7) is 0.947. The summed E-state index contributed by atoms with van der Waals surface area (Å²) in [6.07, 6.45) is 2.31. The SMILES string of the molecule is O=C(c1nc2ccccc2[nH]c1=O)N1CCC(C(O)c2ccccn2)CC1. The number of piperidine rings is 1. The zero-order valence-corrected chi connectivity index (χ0v) is 14.7. The molecule has 1 atom stereocenters. The number of benzene rings is 1. The zero-order chi connectivity index (χ0) is 18.8. The molecule has 1 aromatic carbocycles. The number of carbonyl (C=O) groups excluding carboxylic acids is 1. The molecule has 4 rings (SSSR count). The van der Waals surface area contributed by atoms with Crippen LogP contribution in [-0.4, -0.2) is 44.0 Å². The fourth-order valence-electron chi connectivity index (χ4n) is 3.53. The Morgan fingerprint density at radius 1 is 1.15 bits per heavy atom. The Morgan fingerprint density at radius 3 is 2.63 bits per heavy atom. The number of aliphatic hydroxyl groups excluding tert-OH is 1. The van der Waals surface area contributed by atoms with Crippen LogP contribution in [0.25, 0.3) is 11.0 Å². The Labute approximate surface area is 155 Å². The van der Waals surface area contributed by atoms with Crippen molar-refractivity contribution in [2.24, 2.45) is 5.92 Å². The van der Waals surface area contributed by atoms with Gasteiger partial charge < -0.3 is 15.0 Å². The summed E-state index contributed by atoms with van der Waals surface area (Å²) in [6, 6.07) is 12.6. The first-order valence-corrected chi connectivity index (χ1v) is 9.01. The number of aromatic amines is 1. The fraction of sp³-hybridized carbons (Fsp3) is 0.300. The number of hydrogen-bond donors (Lipinski definition) is 2. The predicted molar refractivity (Wildman–Crippen MR) is 100 cm³/mol. The molecule has 2 aromatic heterocycles. The minimum Gasteiger partial charge on any atom is -0.387 e. The van der Waals surface area contributed by atoms with Crippen LogP contribution in [0.3, 0.4) is 0 Å². The van der Waals surface area contributed by atoms with Crippen molar-refractivity contribution in [1.29, 1.82) is 0 Å². The molecule has 0 saturated carbocycles. The highest BCUT2D eigenvalue weighted by Crippen LogP contribution is 2.29. The second-order valence-electron chi connectivity index (χ2n) is 6.76. The van der Waals surface area contributed by atoms with Crippen LogP contribution >= 0.6 is 0 Å². The van der Waals surface area contributed by atoms with Crippen LogP contribution in [0.2, 0.25) is 0 Å². The zero-order valence-electron chi connectivity index (χ0n) is 14.7. The number of rotatable bonds is 3. The highest BCUT2D eigenvalue weighted by molar-refractivity contribution is 5.93. The number of fused-ring (bicyclic) bond motifs is 1. The molecule has 1 amide bonds. The van der Waals surface area contributed by atoms with E-state index in [1.807, 2.05) is 18.2 Å². The molecule has 1 aliphatic rings. The third kappa shape index (κ3) is 3.46. The Kier molecular flexibility index (Phi) is 4.68. The van der Waals surface area contributed by atoms with E-state index in [4.69, 9.17) is 0 Å². The highest BCUT2D eigenvalue weighted by atomic mass is 16.3. The molecule has 3 aromatic rings. The molecule has 0 aliphatic carbocycles. The molecule has 3 heterocycles. The first-order valence-electron chi connectivity index (χ1n) is 9.01. The molecule has 1 unspecified atom stereocenters. The van der Waals surface area contributed by atoms with Gasteiger partial charge in [-0.25, -0.2) is 4.98 Å². The van der Waals surface area contributed by atoms with Crippen LogP contribution in [0.4, 0.5) is 0 Å². The lowest BCUT2D eigenvalue weighted by molar-refractivity contribution is 0.0443. The molecule has 1 aliphatic heterocycles. The number of likely N-dealkylation sites (tertiary alicyclic amines) is 1. The second-order valence-corrected chi connectivity index (χ2v) is 6.76. The molecule has 0 radical (unpaired) electrons. The monoisotopic (exact) mass is 364 g/mol. The van der Waals surface area contributed by atoms with Gasteiger partial charge in [-0.05, 0) is 43.0 Å². The first kappa shape index (κ1) is 17.4. The van der Waals surface area contributed by atoms with Crippen LogP contribution in [0.1, 0.15) is 35.1 Å². The average molecular weight is 364 g/mol. The number of carbonyl (C=O) groups is 1. The summed E-state index contributed by atoms with van der Waals surface area (Å²) < 4.78 is 0. The number of nitrogens with one attached hydrogen (secondary N) is 1. The van der Waals surface area contributed by atoms with Gasteiger partial charge >= 0.3 is 0 Å². The highest BCUT2D eigenvalue weighted by Gasteiger charge is 2.30. The van der Waals surface area contributed by atoms with E-state index >= 15 is 0 Å². The number of aromatic nitrogens is 3. The number of amides is 1. The van der Waals surface area contributed by atoms with Crippen molar-refractivity contribution in [3.8, 4) is 0 Å². The van der Waals surface area contributed by atoms with E-state index in [2.05, 4.69) is 15.0 Å². The summed E-state index contributed by atoms with van der Waals surface area (Å²) in [4.78, 5) is 37.9. The maximum atomic E-state index is 12.8. The largest absolute Gasteiger partial charge is 0.387 e. The molecular weight excluding hydrogens is 344 g/mol. The standard InChI is InChI=1S/C20H20N4O3/c25-18(16-7-3-4-10-21-16)13-8-11-24(12-9-13)20(27)17-19(26)23-15-6-2-1-5-14(15)22-17/h1-7,10,13,18,25H,8-9,11-12H2,(H,23,26). The second kappa shape index (κ2) is 7.28. The molecule has 27 heavy (non-hydrogen) atoms. The van der Waals surface area contributed by atoms with Crippen LogP contribution in [0.15, 0.2) is 53.5 Å². The van der Waals surface area contributed by atoms with Gasteiger partial charge in [0.1, 0.15) is 0 Å². The molecule has 138 valence electrons. The molecule has 7 heteroatoms. The summed E-state index contributed by atoms with van der Waals surface area (Å²) in [5.74, 6) is -0.334. The van der Waals surface area contributed by atoms with Gasteiger partial charge in [0.2, 0.25) is 0 Å². The van der Waals surface area contributed by atoms with E-state index in [0.29, 0.717) is 42.7 Å². The van der Waals surface area contributed by atoms with Crippen molar-refractivity contribution in [3.05, 3.63) is 70.4 Å². The molecule has 0 spiro atoms. The van der Waals surface area contributed by atoms with Gasteiger partial charge in [0.15, 0.2) is 5.69 Å². The van der Waals surface area contributed by atoms with E-state index < -0.39 is 11.7 Å². The first-order chi connectivity index (χ1) is 13.1. The predicted octanol–water partition coefficient (Wildman–Crippen LogP) is 1.90. The van der Waals surface area contributed by atoms with E-state index in [1.54, 1.807) is 35.4 Å². The van der Waals surface area contributed by atoms with Gasteiger partial charge in [-0.2, -0.15) is 0 Å². The average Bonchev–Trinajstić information content (AvgIpc) is 2.73. The summed E-state index contributed by atoms with van der Waals surface area (Å²) in [5.41, 5.74) is 1.28. The Bertz CT molecular complexity index is 1010. The van der Waals surface area contributed by atoms with Crippen molar-refractivity contribution in [1.82, 2.24) is 19.9 Å². The van der Waals surface area contributed by atoms with Gasteiger partial charge in [-0.1, -0.05) is 18.2 Å². The van der Waals surface area contributed by atoms with Crippen LogP contribution in [0, 0.1) is 5.92 Å². The van der Waals surface area contributed by atoms with Gasteiger partial charge in [-0.15, -0.1) is 0 Å². The van der Waals surface area contributed by atoms with E-state index in [1.165, 1.54) is 0 Å². The molecule has 0 bridgehead atoms. The van der Waals surface area contributed by atoms with Crippen molar-refractivity contribution in [2.75, 3.05) is 13.1 Å². The van der Waals surface area contributed by atoms with E-state index in [0.717, 1.165) is 0 Å². The maximum Gasteiger partial charge on any atom is 0.280 e. The lowest BCUT2D eigenvalue weighted by Gasteiger charge is -2.33.